The molecule has 0 aromatic heterocycles. The summed E-state index contributed by atoms with van der Waals surface area (Å²) < 4.78 is 25.7. The molecule has 1 saturated carbocycles. The molecule has 0 N–H and O–H groups in total. The Balaban J connectivity index is 1.61. The van der Waals surface area contributed by atoms with Crippen molar-refractivity contribution in [3.63, 3.8) is 0 Å². The highest BCUT2D eigenvalue weighted by Crippen LogP contribution is 2.31. The summed E-state index contributed by atoms with van der Waals surface area (Å²) in [5.74, 6) is -1.62. The van der Waals surface area contributed by atoms with Crippen LogP contribution in [-0.4, -0.2) is 67.1 Å². The SMILES string of the molecule is O=C1N=CC=CC1C(=O)N1CCN(S(=O)(=O)C2CC2)CC1. The molecular weight excluding hydrogens is 294 g/mol. The van der Waals surface area contributed by atoms with E-state index in [0.29, 0.717) is 26.2 Å². The minimum atomic E-state index is -3.18. The summed E-state index contributed by atoms with van der Waals surface area (Å²) in [7, 11) is -3.18. The van der Waals surface area contributed by atoms with Gasteiger partial charge in [0.15, 0.2) is 0 Å². The fourth-order valence-corrected chi connectivity index (χ4v) is 4.39. The Kier molecular flexibility index (Phi) is 3.66. The number of hydrogen-bond donors (Lipinski definition) is 0. The van der Waals surface area contributed by atoms with E-state index in [1.807, 2.05) is 0 Å². The number of carbonyl (C=O) groups is 2. The van der Waals surface area contributed by atoms with Gasteiger partial charge in [-0.15, -0.1) is 0 Å². The summed E-state index contributed by atoms with van der Waals surface area (Å²) in [5.41, 5.74) is 0. The summed E-state index contributed by atoms with van der Waals surface area (Å²) in [5, 5.41) is -0.225. The van der Waals surface area contributed by atoms with Crippen molar-refractivity contribution in [3.8, 4) is 0 Å². The second-order valence-corrected chi connectivity index (χ2v) is 7.66. The third kappa shape index (κ3) is 2.77. The maximum atomic E-state index is 12.3. The Bertz CT molecular complexity index is 613. The Labute approximate surface area is 123 Å². The van der Waals surface area contributed by atoms with Gasteiger partial charge in [-0.05, 0) is 18.9 Å². The van der Waals surface area contributed by atoms with Crippen molar-refractivity contribution >= 4 is 28.1 Å². The van der Waals surface area contributed by atoms with Gasteiger partial charge in [0.2, 0.25) is 15.9 Å². The van der Waals surface area contributed by atoms with Gasteiger partial charge in [-0.2, -0.15) is 4.31 Å². The molecule has 0 radical (unpaired) electrons. The number of rotatable bonds is 3. The summed E-state index contributed by atoms with van der Waals surface area (Å²) in [6, 6.07) is 0. The van der Waals surface area contributed by atoms with Gasteiger partial charge in [0, 0.05) is 32.4 Å². The minimum Gasteiger partial charge on any atom is -0.339 e. The van der Waals surface area contributed by atoms with Crippen molar-refractivity contribution < 1.29 is 18.0 Å². The third-order valence-electron chi connectivity index (χ3n) is 3.98. The van der Waals surface area contributed by atoms with Crippen molar-refractivity contribution in [2.24, 2.45) is 10.9 Å². The van der Waals surface area contributed by atoms with Crippen molar-refractivity contribution in [1.29, 1.82) is 0 Å². The second-order valence-electron chi connectivity index (χ2n) is 5.45. The highest BCUT2D eigenvalue weighted by atomic mass is 32.2. The zero-order chi connectivity index (χ0) is 15.0. The summed E-state index contributed by atoms with van der Waals surface area (Å²) in [6.07, 6.45) is 5.96. The lowest BCUT2D eigenvalue weighted by molar-refractivity contribution is -0.139. The number of hydrogen-bond acceptors (Lipinski definition) is 4. The first-order valence-corrected chi connectivity index (χ1v) is 8.53. The first-order chi connectivity index (χ1) is 10.00. The molecule has 1 saturated heterocycles. The number of sulfonamides is 1. The van der Waals surface area contributed by atoms with E-state index >= 15 is 0 Å². The molecule has 21 heavy (non-hydrogen) atoms. The van der Waals surface area contributed by atoms with Crippen LogP contribution in [0.2, 0.25) is 0 Å². The fourth-order valence-electron chi connectivity index (χ4n) is 2.56. The lowest BCUT2D eigenvalue weighted by Gasteiger charge is -2.35. The predicted octanol–water partition coefficient (Wildman–Crippen LogP) is -0.594. The topological polar surface area (TPSA) is 87.1 Å². The molecule has 2 heterocycles. The average Bonchev–Trinajstić information content (AvgIpc) is 3.32. The number of amides is 2. The zero-order valence-corrected chi connectivity index (χ0v) is 12.3. The van der Waals surface area contributed by atoms with E-state index in [-0.39, 0.29) is 11.2 Å². The first-order valence-electron chi connectivity index (χ1n) is 7.02. The Morgan fingerprint density at radius 3 is 2.43 bits per heavy atom. The summed E-state index contributed by atoms with van der Waals surface area (Å²) >= 11 is 0. The van der Waals surface area contributed by atoms with Gasteiger partial charge in [-0.25, -0.2) is 13.4 Å². The Morgan fingerprint density at radius 2 is 1.86 bits per heavy atom. The monoisotopic (exact) mass is 311 g/mol. The molecule has 114 valence electrons. The Morgan fingerprint density at radius 1 is 1.19 bits per heavy atom. The molecule has 0 spiro atoms. The molecule has 3 aliphatic rings. The number of aliphatic imine (C=N–C) groups is 1. The lowest BCUT2D eigenvalue weighted by atomic mass is 10.0. The second kappa shape index (κ2) is 5.34. The molecule has 0 aromatic carbocycles. The highest BCUT2D eigenvalue weighted by Gasteiger charge is 2.42. The summed E-state index contributed by atoms with van der Waals surface area (Å²) in [4.78, 5) is 29.0. The van der Waals surface area contributed by atoms with E-state index < -0.39 is 21.8 Å². The number of allylic oxidation sites excluding steroid dienone is 1. The largest absolute Gasteiger partial charge is 0.339 e. The van der Waals surface area contributed by atoms with Gasteiger partial charge in [-0.3, -0.25) is 9.59 Å². The van der Waals surface area contributed by atoms with E-state index in [2.05, 4.69) is 4.99 Å². The molecular formula is C13H17N3O4S. The van der Waals surface area contributed by atoms with Crippen LogP contribution in [0.3, 0.4) is 0 Å². The molecule has 1 aliphatic carbocycles. The minimum absolute atomic E-state index is 0.225. The molecule has 0 bridgehead atoms. The maximum absolute atomic E-state index is 12.3. The van der Waals surface area contributed by atoms with E-state index in [4.69, 9.17) is 0 Å². The lowest BCUT2D eigenvalue weighted by Crippen LogP contribution is -2.53. The third-order valence-corrected chi connectivity index (χ3v) is 6.38. The number of piperazine rings is 1. The fraction of sp³-hybridized carbons (Fsp3) is 0.615. The van der Waals surface area contributed by atoms with Crippen LogP contribution in [0.4, 0.5) is 0 Å². The quantitative estimate of drug-likeness (QED) is 0.652. The van der Waals surface area contributed by atoms with Crippen LogP contribution in [0.5, 0.6) is 0 Å². The van der Waals surface area contributed by atoms with E-state index in [1.165, 1.54) is 16.6 Å². The average molecular weight is 311 g/mol. The molecule has 7 nitrogen and oxygen atoms in total. The molecule has 0 aromatic rings. The van der Waals surface area contributed by atoms with E-state index in [9.17, 15) is 18.0 Å². The van der Waals surface area contributed by atoms with Crippen LogP contribution in [0.1, 0.15) is 12.8 Å². The highest BCUT2D eigenvalue weighted by molar-refractivity contribution is 7.90. The van der Waals surface area contributed by atoms with E-state index in [1.54, 1.807) is 11.0 Å². The molecule has 3 rings (SSSR count). The zero-order valence-electron chi connectivity index (χ0n) is 11.5. The van der Waals surface area contributed by atoms with E-state index in [0.717, 1.165) is 12.8 Å². The smallest absolute Gasteiger partial charge is 0.262 e. The normalized spacial score (nSPS) is 27.1. The van der Waals surface area contributed by atoms with Crippen molar-refractivity contribution in [1.82, 2.24) is 9.21 Å². The van der Waals surface area contributed by atoms with Crippen LogP contribution >= 0.6 is 0 Å². The van der Waals surface area contributed by atoms with Crippen molar-refractivity contribution in [2.45, 2.75) is 18.1 Å². The van der Waals surface area contributed by atoms with Crippen LogP contribution in [0.15, 0.2) is 17.1 Å². The van der Waals surface area contributed by atoms with Gasteiger partial charge in [0.05, 0.1) is 5.25 Å². The number of dihydropyridines is 1. The first kappa shape index (κ1) is 14.4. The predicted molar refractivity (Wildman–Crippen MR) is 76.2 cm³/mol. The van der Waals surface area contributed by atoms with Crippen molar-refractivity contribution in [3.05, 3.63) is 12.2 Å². The molecule has 2 fully saturated rings. The van der Waals surface area contributed by atoms with Crippen LogP contribution in [0, 0.1) is 5.92 Å². The molecule has 2 amide bonds. The van der Waals surface area contributed by atoms with Crippen LogP contribution < -0.4 is 0 Å². The van der Waals surface area contributed by atoms with Gasteiger partial charge in [-0.1, -0.05) is 6.08 Å². The number of carbonyl (C=O) groups excluding carboxylic acids is 2. The molecule has 8 heteroatoms. The number of nitrogens with zero attached hydrogens (tertiary/aromatic N) is 3. The van der Waals surface area contributed by atoms with Gasteiger partial charge < -0.3 is 4.90 Å². The Hall–Kier alpha value is -1.54. The molecule has 2 aliphatic heterocycles. The molecule has 1 atom stereocenters. The van der Waals surface area contributed by atoms with Crippen LogP contribution in [-0.2, 0) is 19.6 Å². The summed E-state index contributed by atoms with van der Waals surface area (Å²) in [6.45, 7) is 1.26. The van der Waals surface area contributed by atoms with Gasteiger partial charge >= 0.3 is 0 Å². The maximum Gasteiger partial charge on any atom is 0.262 e. The molecule has 1 unspecified atom stereocenters. The van der Waals surface area contributed by atoms with Gasteiger partial charge in [0.1, 0.15) is 5.92 Å². The standard InChI is InChI=1S/C13H17N3O4S/c17-12-11(2-1-5-14-12)13(18)15-6-8-16(9-7-15)21(19,20)10-3-4-10/h1-2,5,10-11H,3-4,6-9H2. The van der Waals surface area contributed by atoms with Gasteiger partial charge in [0.25, 0.3) is 5.91 Å². The van der Waals surface area contributed by atoms with Crippen molar-refractivity contribution in [2.75, 3.05) is 26.2 Å². The van der Waals surface area contributed by atoms with Crippen LogP contribution in [0.25, 0.3) is 0 Å².